The van der Waals surface area contributed by atoms with Crippen LogP contribution in [0.5, 0.6) is 11.5 Å². The van der Waals surface area contributed by atoms with Gasteiger partial charge in [0.15, 0.2) is 6.86 Å². The lowest BCUT2D eigenvalue weighted by atomic mass is 10.1. The molecular weight excluding hydrogens is 375 g/mol. The second-order valence-electron chi connectivity index (χ2n) is 6.52. The third-order valence-corrected chi connectivity index (χ3v) is 4.49. The van der Waals surface area contributed by atoms with E-state index in [4.69, 9.17) is 20.1 Å². The van der Waals surface area contributed by atoms with Gasteiger partial charge in [-0.05, 0) is 48.9 Å². The van der Waals surface area contributed by atoms with E-state index in [-0.39, 0.29) is 6.73 Å². The van der Waals surface area contributed by atoms with Crippen molar-refractivity contribution in [1.29, 1.82) is 0 Å². The van der Waals surface area contributed by atoms with Crippen LogP contribution >= 0.6 is 0 Å². The molecule has 0 fully saturated rings. The fraction of sp³-hybridized carbons (Fsp3) is 0.286. The van der Waals surface area contributed by atoms with Crippen LogP contribution in [-0.2, 0) is 18.1 Å². The first-order chi connectivity index (χ1) is 14.0. The van der Waals surface area contributed by atoms with Crippen molar-refractivity contribution in [3.63, 3.8) is 0 Å². The van der Waals surface area contributed by atoms with Crippen LogP contribution in [0, 0.1) is 6.92 Å². The number of hydrogen-bond donors (Lipinski definition) is 1. The van der Waals surface area contributed by atoms with E-state index >= 15 is 0 Å². The van der Waals surface area contributed by atoms with Gasteiger partial charge in [0.1, 0.15) is 24.8 Å². The van der Waals surface area contributed by atoms with E-state index in [0.29, 0.717) is 6.61 Å². The van der Waals surface area contributed by atoms with E-state index in [0.717, 1.165) is 39.6 Å². The minimum absolute atomic E-state index is 0.0769. The van der Waals surface area contributed by atoms with E-state index in [1.54, 1.807) is 30.0 Å². The number of aromatic nitrogens is 2. The summed E-state index contributed by atoms with van der Waals surface area (Å²) < 4.78 is 29.9. The van der Waals surface area contributed by atoms with E-state index < -0.39 is 6.86 Å². The summed E-state index contributed by atoms with van der Waals surface area (Å²) in [5.74, 6) is 7.41. The Morgan fingerprint density at radius 1 is 1.17 bits per heavy atom. The summed E-state index contributed by atoms with van der Waals surface area (Å²) >= 11 is 0. The van der Waals surface area contributed by atoms with Gasteiger partial charge in [0.05, 0.1) is 24.1 Å². The summed E-state index contributed by atoms with van der Waals surface area (Å²) in [6.45, 7) is 1.53. The van der Waals surface area contributed by atoms with Crippen molar-refractivity contribution in [1.82, 2.24) is 9.78 Å². The highest BCUT2D eigenvalue weighted by Crippen LogP contribution is 2.31. The first-order valence-corrected chi connectivity index (χ1v) is 9.08. The molecule has 0 aliphatic heterocycles. The molecule has 0 radical (unpaired) electrons. The lowest BCUT2D eigenvalue weighted by Crippen LogP contribution is -2.26. The number of nitrogens with two attached hydrogens (primary N) is 1. The smallest absolute Gasteiger partial charge is 0.190 e. The molecule has 0 spiro atoms. The summed E-state index contributed by atoms with van der Waals surface area (Å²) in [7, 11) is 3.40. The molecule has 2 aromatic carbocycles. The SMILES string of the molecule is COc1cccc(N(C)N)c1COc1ccc(-c2ccn(COCF)n2)cc1C. The summed E-state index contributed by atoms with van der Waals surface area (Å²) in [6.07, 6.45) is 1.75. The quantitative estimate of drug-likeness (QED) is 0.436. The number of alkyl halides is 1. The fourth-order valence-corrected chi connectivity index (χ4v) is 3.06. The van der Waals surface area contributed by atoms with Crippen molar-refractivity contribution in [3.8, 4) is 22.8 Å². The van der Waals surface area contributed by atoms with E-state index in [9.17, 15) is 4.39 Å². The molecule has 7 nitrogen and oxygen atoms in total. The molecular formula is C21H25FN4O3. The van der Waals surface area contributed by atoms with Crippen LogP contribution in [0.2, 0.25) is 0 Å². The number of benzene rings is 2. The number of nitrogens with zero attached hydrogens (tertiary/aromatic N) is 3. The lowest BCUT2D eigenvalue weighted by Gasteiger charge is -2.20. The van der Waals surface area contributed by atoms with Gasteiger partial charge in [-0.1, -0.05) is 6.07 Å². The highest BCUT2D eigenvalue weighted by atomic mass is 19.1. The zero-order chi connectivity index (χ0) is 20.8. The Morgan fingerprint density at radius 2 is 2.00 bits per heavy atom. The Labute approximate surface area is 169 Å². The van der Waals surface area contributed by atoms with Crippen LogP contribution in [0.1, 0.15) is 11.1 Å². The molecule has 3 aromatic rings. The van der Waals surface area contributed by atoms with Crippen LogP contribution in [0.4, 0.5) is 10.1 Å². The monoisotopic (exact) mass is 400 g/mol. The molecule has 0 aliphatic rings. The molecule has 0 unspecified atom stereocenters. The Bertz CT molecular complexity index is 959. The van der Waals surface area contributed by atoms with Crippen LogP contribution < -0.4 is 20.3 Å². The molecule has 0 bridgehead atoms. The van der Waals surface area contributed by atoms with Crippen molar-refractivity contribution in [2.45, 2.75) is 20.3 Å². The highest BCUT2D eigenvalue weighted by Gasteiger charge is 2.13. The van der Waals surface area contributed by atoms with Crippen LogP contribution in [0.3, 0.4) is 0 Å². The maximum Gasteiger partial charge on any atom is 0.190 e. The van der Waals surface area contributed by atoms with Crippen LogP contribution in [0.25, 0.3) is 11.3 Å². The number of aryl methyl sites for hydroxylation is 1. The number of hydrazine groups is 1. The molecule has 154 valence electrons. The fourth-order valence-electron chi connectivity index (χ4n) is 3.06. The van der Waals surface area contributed by atoms with Crippen molar-refractivity contribution in [2.75, 3.05) is 26.0 Å². The van der Waals surface area contributed by atoms with Gasteiger partial charge in [0, 0.05) is 18.8 Å². The molecule has 0 saturated carbocycles. The van der Waals surface area contributed by atoms with Crippen molar-refractivity contribution in [3.05, 3.63) is 59.8 Å². The topological polar surface area (TPSA) is 74.8 Å². The molecule has 0 aliphatic carbocycles. The zero-order valence-electron chi connectivity index (χ0n) is 16.8. The number of halogens is 1. The number of ether oxygens (including phenoxy) is 3. The molecule has 3 rings (SSSR count). The lowest BCUT2D eigenvalue weighted by molar-refractivity contribution is 0.00851. The first kappa shape index (κ1) is 20.6. The minimum Gasteiger partial charge on any atom is -0.496 e. The largest absolute Gasteiger partial charge is 0.496 e. The molecule has 0 saturated heterocycles. The van der Waals surface area contributed by atoms with Gasteiger partial charge >= 0.3 is 0 Å². The van der Waals surface area contributed by atoms with Gasteiger partial charge in [-0.15, -0.1) is 0 Å². The first-order valence-electron chi connectivity index (χ1n) is 9.08. The number of methoxy groups -OCH3 is 1. The van der Waals surface area contributed by atoms with Gasteiger partial charge in [0.25, 0.3) is 0 Å². The molecule has 1 heterocycles. The maximum atomic E-state index is 12.1. The number of anilines is 1. The second kappa shape index (κ2) is 9.40. The summed E-state index contributed by atoms with van der Waals surface area (Å²) in [6, 6.07) is 13.4. The Balaban J connectivity index is 1.76. The molecule has 2 N–H and O–H groups in total. The average Bonchev–Trinajstić information content (AvgIpc) is 3.20. The van der Waals surface area contributed by atoms with Gasteiger partial charge in [-0.2, -0.15) is 5.10 Å². The third kappa shape index (κ3) is 4.85. The van der Waals surface area contributed by atoms with Gasteiger partial charge in [-0.3, -0.25) is 0 Å². The highest BCUT2D eigenvalue weighted by molar-refractivity contribution is 5.62. The predicted octanol–water partition coefficient (Wildman–Crippen LogP) is 3.66. The van der Waals surface area contributed by atoms with Crippen molar-refractivity contribution < 1.29 is 18.6 Å². The molecule has 1 aromatic heterocycles. The number of hydrogen-bond acceptors (Lipinski definition) is 6. The van der Waals surface area contributed by atoms with Gasteiger partial charge in [0.2, 0.25) is 0 Å². The van der Waals surface area contributed by atoms with E-state index in [1.807, 2.05) is 49.4 Å². The van der Waals surface area contributed by atoms with Crippen molar-refractivity contribution >= 4 is 5.69 Å². The molecule has 29 heavy (non-hydrogen) atoms. The molecule has 0 atom stereocenters. The summed E-state index contributed by atoms with van der Waals surface area (Å²) in [4.78, 5) is 0. The maximum absolute atomic E-state index is 12.1. The van der Waals surface area contributed by atoms with E-state index in [2.05, 4.69) is 5.10 Å². The average molecular weight is 400 g/mol. The minimum atomic E-state index is -0.839. The Hall–Kier alpha value is -3.10. The van der Waals surface area contributed by atoms with Crippen LogP contribution in [-0.4, -0.2) is 30.8 Å². The van der Waals surface area contributed by atoms with Crippen LogP contribution in [0.15, 0.2) is 48.7 Å². The Morgan fingerprint density at radius 3 is 2.69 bits per heavy atom. The van der Waals surface area contributed by atoms with Gasteiger partial charge in [-0.25, -0.2) is 14.9 Å². The number of rotatable bonds is 9. The normalized spacial score (nSPS) is 10.8. The molecule has 0 amide bonds. The zero-order valence-corrected chi connectivity index (χ0v) is 16.8. The summed E-state index contributed by atoms with van der Waals surface area (Å²) in [5.41, 5.74) is 4.39. The third-order valence-electron chi connectivity index (χ3n) is 4.49. The van der Waals surface area contributed by atoms with Crippen molar-refractivity contribution in [2.24, 2.45) is 5.84 Å². The summed E-state index contributed by atoms with van der Waals surface area (Å²) in [5, 5.41) is 5.93. The Kier molecular flexibility index (Phi) is 6.69. The molecule has 8 heteroatoms. The standard InChI is InChI=1S/C21H25FN4O3/c1-15-11-16(18-9-10-26(24-18)14-28-13-22)7-8-20(15)29-12-17-19(25(2)23)5-4-6-21(17)27-3/h4-11H,12-14,23H2,1-3H3. The predicted molar refractivity (Wildman–Crippen MR) is 109 cm³/mol. The second-order valence-corrected chi connectivity index (χ2v) is 6.52. The van der Waals surface area contributed by atoms with Gasteiger partial charge < -0.3 is 19.2 Å². The van der Waals surface area contributed by atoms with E-state index in [1.165, 1.54) is 0 Å².